The van der Waals surface area contributed by atoms with Crippen molar-refractivity contribution in [3.05, 3.63) is 66.4 Å². The van der Waals surface area contributed by atoms with Crippen molar-refractivity contribution in [1.29, 1.82) is 0 Å². The Morgan fingerprint density at radius 3 is 2.88 bits per heavy atom. The Kier molecular flexibility index (Phi) is 5.09. The van der Waals surface area contributed by atoms with Gasteiger partial charge in [0.2, 0.25) is 0 Å². The highest BCUT2D eigenvalue weighted by Gasteiger charge is 2.17. The fourth-order valence-corrected chi connectivity index (χ4v) is 3.77. The zero-order valence-corrected chi connectivity index (χ0v) is 18.4. The minimum absolute atomic E-state index is 0.242. The summed E-state index contributed by atoms with van der Waals surface area (Å²) in [7, 11) is 3.20. The third kappa shape index (κ3) is 3.61. The minimum Gasteiger partial charge on any atom is -0.494 e. The van der Waals surface area contributed by atoms with Crippen LogP contribution in [0, 0.1) is 6.92 Å². The number of aromatic nitrogens is 6. The lowest BCUT2D eigenvalue weighted by Gasteiger charge is -2.12. The van der Waals surface area contributed by atoms with Gasteiger partial charge in [0.15, 0.2) is 5.65 Å². The maximum atomic E-state index is 11.5. The van der Waals surface area contributed by atoms with Gasteiger partial charge in [-0.3, -0.25) is 4.98 Å². The molecule has 0 saturated heterocycles. The predicted octanol–water partition coefficient (Wildman–Crippen LogP) is 2.88. The Bertz CT molecular complexity index is 1490. The number of aryl methyl sites for hydroxylation is 1. The molecule has 10 nitrogen and oxygen atoms in total. The molecule has 0 unspecified atom stereocenters. The number of amides is 2. The van der Waals surface area contributed by atoms with Gasteiger partial charge in [-0.15, -0.1) is 0 Å². The van der Waals surface area contributed by atoms with Crippen molar-refractivity contribution < 1.29 is 9.53 Å². The number of nitrogens with one attached hydrogen (secondary N) is 2. The standard InChI is InChI=1S/C23H22N8O2/c1-14-16-12-26-18(17-13-28-30-8-4-7-25-22(17)30)10-20(16)31(29-14)19-6-5-15(9-21(19)33-3)11-27-23(32)24-2/h4-10,12-13H,11H2,1-3H3,(H2,24,27,32). The van der Waals surface area contributed by atoms with Crippen LogP contribution in [-0.2, 0) is 6.54 Å². The molecule has 0 radical (unpaired) electrons. The van der Waals surface area contributed by atoms with Crippen LogP contribution in [0.5, 0.6) is 5.75 Å². The molecule has 0 bridgehead atoms. The largest absolute Gasteiger partial charge is 0.494 e. The average Bonchev–Trinajstić information content (AvgIpc) is 3.43. The monoisotopic (exact) mass is 442 g/mol. The van der Waals surface area contributed by atoms with E-state index in [0.29, 0.717) is 12.3 Å². The molecule has 0 spiro atoms. The molecule has 166 valence electrons. The first kappa shape index (κ1) is 20.4. The van der Waals surface area contributed by atoms with Crippen molar-refractivity contribution in [3.63, 3.8) is 0 Å². The number of urea groups is 1. The van der Waals surface area contributed by atoms with Crippen LogP contribution < -0.4 is 15.4 Å². The summed E-state index contributed by atoms with van der Waals surface area (Å²) in [6.07, 6.45) is 7.17. The van der Waals surface area contributed by atoms with Gasteiger partial charge in [0.1, 0.15) is 11.4 Å². The van der Waals surface area contributed by atoms with Crippen LogP contribution in [0.15, 0.2) is 55.1 Å². The number of ether oxygens (including phenoxy) is 1. The normalized spacial score (nSPS) is 11.1. The second-order valence-electron chi connectivity index (χ2n) is 7.47. The summed E-state index contributed by atoms with van der Waals surface area (Å²) >= 11 is 0. The van der Waals surface area contributed by atoms with Gasteiger partial charge in [0.05, 0.1) is 35.8 Å². The molecule has 10 heteroatoms. The summed E-state index contributed by atoms with van der Waals surface area (Å²) in [6, 6.07) is 9.34. The van der Waals surface area contributed by atoms with E-state index in [2.05, 4.69) is 25.7 Å². The highest BCUT2D eigenvalue weighted by atomic mass is 16.5. The number of methoxy groups -OCH3 is 1. The molecule has 0 aliphatic heterocycles. The predicted molar refractivity (Wildman–Crippen MR) is 123 cm³/mol. The van der Waals surface area contributed by atoms with Gasteiger partial charge in [-0.25, -0.2) is 19.0 Å². The van der Waals surface area contributed by atoms with E-state index in [0.717, 1.165) is 44.8 Å². The SMILES string of the molecule is CNC(=O)NCc1ccc(-n2nc(C)c3cnc(-c4cnn5cccnc45)cc32)c(OC)c1. The smallest absolute Gasteiger partial charge is 0.314 e. The average molecular weight is 442 g/mol. The van der Waals surface area contributed by atoms with E-state index in [9.17, 15) is 4.79 Å². The Labute approximate surface area is 189 Å². The second-order valence-corrected chi connectivity index (χ2v) is 7.47. The quantitative estimate of drug-likeness (QED) is 0.433. The third-order valence-corrected chi connectivity index (χ3v) is 5.46. The summed E-state index contributed by atoms with van der Waals surface area (Å²) < 4.78 is 9.24. The zero-order valence-electron chi connectivity index (χ0n) is 18.4. The van der Waals surface area contributed by atoms with Gasteiger partial charge < -0.3 is 15.4 Å². The van der Waals surface area contributed by atoms with E-state index in [1.54, 1.807) is 31.1 Å². The maximum Gasteiger partial charge on any atom is 0.314 e. The molecule has 5 rings (SSSR count). The molecule has 4 heterocycles. The minimum atomic E-state index is -0.242. The Balaban J connectivity index is 1.60. The lowest BCUT2D eigenvalue weighted by atomic mass is 10.1. The molecular weight excluding hydrogens is 420 g/mol. The van der Waals surface area contributed by atoms with E-state index >= 15 is 0 Å². The van der Waals surface area contributed by atoms with Crippen molar-refractivity contribution in [2.45, 2.75) is 13.5 Å². The number of carbonyl (C=O) groups excluding carboxylic acids is 1. The van der Waals surface area contributed by atoms with Gasteiger partial charge in [-0.05, 0) is 36.8 Å². The van der Waals surface area contributed by atoms with Crippen molar-refractivity contribution >= 4 is 22.6 Å². The molecule has 33 heavy (non-hydrogen) atoms. The zero-order chi connectivity index (χ0) is 22.9. The molecule has 1 aromatic carbocycles. The fraction of sp³-hybridized carbons (Fsp3) is 0.174. The van der Waals surface area contributed by atoms with E-state index in [-0.39, 0.29) is 6.03 Å². The van der Waals surface area contributed by atoms with Gasteiger partial charge in [-0.2, -0.15) is 10.2 Å². The molecule has 2 amide bonds. The van der Waals surface area contributed by atoms with Crippen LogP contribution in [0.2, 0.25) is 0 Å². The second kappa shape index (κ2) is 8.23. The van der Waals surface area contributed by atoms with Crippen LogP contribution in [0.25, 0.3) is 33.5 Å². The molecule has 2 N–H and O–H groups in total. The summed E-state index contributed by atoms with van der Waals surface area (Å²) in [4.78, 5) is 20.6. The number of nitrogens with zero attached hydrogens (tertiary/aromatic N) is 6. The van der Waals surface area contributed by atoms with Gasteiger partial charge in [0.25, 0.3) is 0 Å². The van der Waals surface area contributed by atoms with E-state index in [1.807, 2.05) is 54.3 Å². The van der Waals surface area contributed by atoms with Gasteiger partial charge >= 0.3 is 6.03 Å². The first-order valence-corrected chi connectivity index (χ1v) is 10.4. The van der Waals surface area contributed by atoms with Crippen LogP contribution in [0.1, 0.15) is 11.3 Å². The Morgan fingerprint density at radius 1 is 1.18 bits per heavy atom. The van der Waals surface area contributed by atoms with E-state index in [4.69, 9.17) is 9.84 Å². The summed E-state index contributed by atoms with van der Waals surface area (Å²) in [5, 5.41) is 15.4. The number of fused-ring (bicyclic) bond motifs is 2. The van der Waals surface area contributed by atoms with E-state index in [1.165, 1.54) is 0 Å². The molecule has 0 saturated carbocycles. The van der Waals surface area contributed by atoms with Gasteiger partial charge in [-0.1, -0.05) is 6.07 Å². The third-order valence-electron chi connectivity index (χ3n) is 5.46. The van der Waals surface area contributed by atoms with Crippen LogP contribution >= 0.6 is 0 Å². The molecule has 0 aliphatic carbocycles. The molecule has 5 aromatic rings. The first-order chi connectivity index (χ1) is 16.1. The first-order valence-electron chi connectivity index (χ1n) is 10.4. The van der Waals surface area contributed by atoms with Crippen molar-refractivity contribution in [2.75, 3.05) is 14.2 Å². The molecule has 0 atom stereocenters. The molecule has 4 aromatic heterocycles. The lowest BCUT2D eigenvalue weighted by Crippen LogP contribution is -2.32. The number of hydrogen-bond donors (Lipinski definition) is 2. The lowest BCUT2D eigenvalue weighted by molar-refractivity contribution is 0.242. The van der Waals surface area contributed by atoms with Crippen molar-refractivity contribution in [2.24, 2.45) is 0 Å². The Hall–Kier alpha value is -4.47. The highest BCUT2D eigenvalue weighted by Crippen LogP contribution is 2.31. The summed E-state index contributed by atoms with van der Waals surface area (Å²) in [6.45, 7) is 2.33. The number of carbonyl (C=O) groups is 1. The summed E-state index contributed by atoms with van der Waals surface area (Å²) in [5.41, 5.74) is 5.77. The fourth-order valence-electron chi connectivity index (χ4n) is 3.77. The number of benzene rings is 1. The van der Waals surface area contributed by atoms with Crippen LogP contribution in [0.3, 0.4) is 0 Å². The number of rotatable bonds is 5. The maximum absolute atomic E-state index is 11.5. The number of hydrogen-bond acceptors (Lipinski definition) is 6. The summed E-state index contributed by atoms with van der Waals surface area (Å²) in [5.74, 6) is 0.645. The molecular formula is C23H22N8O2. The van der Waals surface area contributed by atoms with Crippen molar-refractivity contribution in [3.8, 4) is 22.7 Å². The molecule has 0 aliphatic rings. The molecule has 0 fully saturated rings. The van der Waals surface area contributed by atoms with Crippen LogP contribution in [0.4, 0.5) is 4.79 Å². The Morgan fingerprint density at radius 2 is 2.06 bits per heavy atom. The van der Waals surface area contributed by atoms with Crippen LogP contribution in [-0.4, -0.2) is 49.6 Å². The topological polar surface area (TPSA) is 111 Å². The van der Waals surface area contributed by atoms with E-state index < -0.39 is 0 Å². The van der Waals surface area contributed by atoms with Gasteiger partial charge in [0, 0.05) is 37.6 Å². The highest BCUT2D eigenvalue weighted by molar-refractivity contribution is 5.88. The number of pyridine rings is 1. The van der Waals surface area contributed by atoms with Crippen molar-refractivity contribution in [1.82, 2.24) is 40.0 Å².